The summed E-state index contributed by atoms with van der Waals surface area (Å²) in [5.41, 5.74) is 4.25. The van der Waals surface area contributed by atoms with E-state index < -0.39 is 6.04 Å². The van der Waals surface area contributed by atoms with Crippen molar-refractivity contribution in [3.8, 4) is 5.69 Å². The summed E-state index contributed by atoms with van der Waals surface area (Å²) < 4.78 is 1.88. The number of hydrogen-bond acceptors (Lipinski definition) is 3. The van der Waals surface area contributed by atoms with Crippen molar-refractivity contribution in [3.05, 3.63) is 77.6 Å². The van der Waals surface area contributed by atoms with E-state index in [1.54, 1.807) is 0 Å². The van der Waals surface area contributed by atoms with Crippen LogP contribution in [-0.2, 0) is 4.79 Å². The van der Waals surface area contributed by atoms with Crippen molar-refractivity contribution in [2.24, 2.45) is 5.92 Å². The minimum atomic E-state index is -0.455. The molecular formula is C27H30N4O2. The number of amides is 2. The maximum absolute atomic E-state index is 13.5. The Morgan fingerprint density at radius 1 is 0.970 bits per heavy atom. The molecule has 1 aliphatic carbocycles. The number of aryl methyl sites for hydroxylation is 2. The molecule has 170 valence electrons. The first-order valence-corrected chi connectivity index (χ1v) is 11.8. The highest BCUT2D eigenvalue weighted by Crippen LogP contribution is 2.41. The first kappa shape index (κ1) is 21.4. The smallest absolute Gasteiger partial charge is 0.254 e. The highest BCUT2D eigenvalue weighted by molar-refractivity contribution is 6.02. The third-order valence-corrected chi connectivity index (χ3v) is 7.01. The third-order valence-electron chi connectivity index (χ3n) is 7.01. The number of likely N-dealkylation sites (tertiary alicyclic amines) is 1. The molecule has 1 saturated carbocycles. The van der Waals surface area contributed by atoms with Crippen LogP contribution in [0.15, 0.2) is 60.7 Å². The number of aromatic nitrogens is 2. The molecule has 1 saturated heterocycles. The molecule has 1 N–H and O–H groups in total. The highest BCUT2D eigenvalue weighted by atomic mass is 16.2. The van der Waals surface area contributed by atoms with Gasteiger partial charge in [0.1, 0.15) is 6.04 Å². The first-order valence-electron chi connectivity index (χ1n) is 11.8. The number of carbonyl (C=O) groups excluding carboxylic acids is 2. The van der Waals surface area contributed by atoms with Crippen molar-refractivity contribution in [2.75, 3.05) is 5.32 Å². The highest BCUT2D eigenvalue weighted by Gasteiger charge is 2.47. The van der Waals surface area contributed by atoms with Crippen LogP contribution in [0.3, 0.4) is 0 Å². The summed E-state index contributed by atoms with van der Waals surface area (Å²) in [4.78, 5) is 28.9. The fourth-order valence-corrected chi connectivity index (χ4v) is 5.55. The fraction of sp³-hybridized carbons (Fsp3) is 0.370. The average Bonchev–Trinajstić information content (AvgIpc) is 3.38. The molecule has 3 aromatic rings. The number of carbonyl (C=O) groups is 2. The van der Waals surface area contributed by atoms with Crippen molar-refractivity contribution < 1.29 is 9.59 Å². The summed E-state index contributed by atoms with van der Waals surface area (Å²) in [5.74, 6) is 0.240. The molecule has 1 aromatic heterocycles. The second-order valence-electron chi connectivity index (χ2n) is 9.32. The Morgan fingerprint density at radius 2 is 1.76 bits per heavy atom. The van der Waals surface area contributed by atoms with E-state index >= 15 is 0 Å². The van der Waals surface area contributed by atoms with Crippen molar-refractivity contribution >= 4 is 17.5 Å². The van der Waals surface area contributed by atoms with E-state index in [1.165, 1.54) is 6.42 Å². The van der Waals surface area contributed by atoms with E-state index in [4.69, 9.17) is 0 Å². The number of rotatable bonds is 4. The zero-order chi connectivity index (χ0) is 22.9. The lowest BCUT2D eigenvalue weighted by Gasteiger charge is -2.33. The fourth-order valence-electron chi connectivity index (χ4n) is 5.55. The van der Waals surface area contributed by atoms with Crippen LogP contribution in [-0.4, -0.2) is 38.6 Å². The van der Waals surface area contributed by atoms with Crippen LogP contribution in [0.4, 0.5) is 5.69 Å². The largest absolute Gasteiger partial charge is 0.324 e. The van der Waals surface area contributed by atoms with Gasteiger partial charge < -0.3 is 10.2 Å². The molecule has 2 fully saturated rings. The first-order chi connectivity index (χ1) is 16.0. The topological polar surface area (TPSA) is 67.2 Å². The van der Waals surface area contributed by atoms with E-state index in [0.717, 1.165) is 42.8 Å². The van der Waals surface area contributed by atoms with Gasteiger partial charge in [-0.1, -0.05) is 37.1 Å². The maximum Gasteiger partial charge on any atom is 0.254 e. The summed E-state index contributed by atoms with van der Waals surface area (Å²) in [6.07, 6.45) is 5.07. The second-order valence-corrected chi connectivity index (χ2v) is 9.32. The van der Waals surface area contributed by atoms with E-state index in [0.29, 0.717) is 17.2 Å². The zero-order valence-corrected chi connectivity index (χ0v) is 19.2. The Hall–Kier alpha value is -3.41. The number of nitrogens with zero attached hydrogens (tertiary/aromatic N) is 3. The Morgan fingerprint density at radius 3 is 2.52 bits per heavy atom. The van der Waals surface area contributed by atoms with Crippen LogP contribution in [0.5, 0.6) is 0 Å². The van der Waals surface area contributed by atoms with E-state index in [2.05, 4.69) is 10.4 Å². The molecule has 2 aromatic carbocycles. The lowest BCUT2D eigenvalue weighted by molar-refractivity contribution is -0.120. The lowest BCUT2D eigenvalue weighted by atomic mass is 9.84. The lowest BCUT2D eigenvalue weighted by Crippen LogP contribution is -2.47. The Kier molecular flexibility index (Phi) is 5.75. The van der Waals surface area contributed by atoms with Gasteiger partial charge in [0.25, 0.3) is 5.91 Å². The number of benzene rings is 2. The molecular weight excluding hydrogens is 412 g/mol. The van der Waals surface area contributed by atoms with Gasteiger partial charge in [-0.05, 0) is 75.4 Å². The van der Waals surface area contributed by atoms with Gasteiger partial charge in [-0.3, -0.25) is 9.59 Å². The van der Waals surface area contributed by atoms with Crippen LogP contribution in [0.2, 0.25) is 0 Å². The average molecular weight is 443 g/mol. The number of anilines is 1. The van der Waals surface area contributed by atoms with Crippen LogP contribution in [0.25, 0.3) is 5.69 Å². The van der Waals surface area contributed by atoms with Crippen LogP contribution < -0.4 is 5.32 Å². The standard InChI is InChI=1S/C27H30N4O2/c1-18-15-19(2)31(29-18)23-13-8-12-22(17-23)28-26(32)25-16-21-11-6-7-14-24(21)30(25)27(33)20-9-4-3-5-10-20/h3-5,8-10,12-13,15,17,21,24-25H,6-7,11,14,16H2,1-2H3,(H,28,32). The predicted octanol–water partition coefficient (Wildman–Crippen LogP) is 4.90. The van der Waals surface area contributed by atoms with Crippen molar-refractivity contribution in [2.45, 2.75) is 58.0 Å². The molecule has 3 atom stereocenters. The van der Waals surface area contributed by atoms with Gasteiger partial charge in [0.15, 0.2) is 0 Å². The molecule has 5 rings (SSSR count). The quantitative estimate of drug-likeness (QED) is 0.625. The summed E-state index contributed by atoms with van der Waals surface area (Å²) in [7, 11) is 0. The SMILES string of the molecule is Cc1cc(C)n(-c2cccc(NC(=O)C3CC4CCCCC4N3C(=O)c3ccccc3)c2)n1. The summed E-state index contributed by atoms with van der Waals surface area (Å²) in [6, 6.07) is 18.8. The Balaban J connectivity index is 1.40. The number of hydrogen-bond donors (Lipinski definition) is 1. The molecule has 33 heavy (non-hydrogen) atoms. The van der Waals surface area contributed by atoms with E-state index in [9.17, 15) is 9.59 Å². The van der Waals surface area contributed by atoms with Gasteiger partial charge >= 0.3 is 0 Å². The Labute approximate surface area is 194 Å². The molecule has 2 amide bonds. The molecule has 1 aliphatic heterocycles. The minimum Gasteiger partial charge on any atom is -0.324 e. The maximum atomic E-state index is 13.5. The van der Waals surface area contributed by atoms with Crippen molar-refractivity contribution in [3.63, 3.8) is 0 Å². The third kappa shape index (κ3) is 4.17. The molecule has 0 spiro atoms. The van der Waals surface area contributed by atoms with E-state index in [-0.39, 0.29) is 17.9 Å². The normalized spacial score (nSPS) is 22.1. The van der Waals surface area contributed by atoms with Crippen molar-refractivity contribution in [1.29, 1.82) is 0 Å². The van der Waals surface area contributed by atoms with Gasteiger partial charge in [-0.15, -0.1) is 0 Å². The van der Waals surface area contributed by atoms with Gasteiger partial charge in [-0.2, -0.15) is 5.10 Å². The summed E-state index contributed by atoms with van der Waals surface area (Å²) in [5, 5.41) is 7.64. The number of nitrogens with one attached hydrogen (secondary N) is 1. The molecule has 0 radical (unpaired) electrons. The second kappa shape index (κ2) is 8.85. The van der Waals surface area contributed by atoms with E-state index in [1.807, 2.05) is 84.1 Å². The van der Waals surface area contributed by atoms with Gasteiger partial charge in [-0.25, -0.2) is 4.68 Å². The minimum absolute atomic E-state index is 0.0402. The molecule has 2 aliphatic rings. The monoisotopic (exact) mass is 442 g/mol. The van der Waals surface area contributed by atoms with Gasteiger partial charge in [0, 0.05) is 23.0 Å². The van der Waals surface area contributed by atoms with Gasteiger partial charge in [0.2, 0.25) is 5.91 Å². The Bertz CT molecular complexity index is 1170. The molecule has 6 nitrogen and oxygen atoms in total. The predicted molar refractivity (Wildman–Crippen MR) is 128 cm³/mol. The van der Waals surface area contributed by atoms with Gasteiger partial charge in [0.05, 0.1) is 11.4 Å². The van der Waals surface area contributed by atoms with Crippen LogP contribution in [0, 0.1) is 19.8 Å². The molecule has 2 heterocycles. The molecule has 3 unspecified atom stereocenters. The van der Waals surface area contributed by atoms with Crippen molar-refractivity contribution in [1.82, 2.24) is 14.7 Å². The molecule has 6 heteroatoms. The molecule has 0 bridgehead atoms. The zero-order valence-electron chi connectivity index (χ0n) is 19.2. The van der Waals surface area contributed by atoms with Crippen LogP contribution >= 0.6 is 0 Å². The summed E-state index contributed by atoms with van der Waals surface area (Å²) in [6.45, 7) is 3.98. The summed E-state index contributed by atoms with van der Waals surface area (Å²) >= 11 is 0. The van der Waals surface area contributed by atoms with Crippen LogP contribution in [0.1, 0.15) is 53.8 Å². The number of fused-ring (bicyclic) bond motifs is 1.